The highest BCUT2D eigenvalue weighted by Gasteiger charge is 2.07. The summed E-state index contributed by atoms with van der Waals surface area (Å²) in [7, 11) is 0. The van der Waals surface area contributed by atoms with Crippen LogP contribution in [-0.4, -0.2) is 26.2 Å². The first-order valence-electron chi connectivity index (χ1n) is 3.12. The van der Waals surface area contributed by atoms with Crippen LogP contribution in [-0.2, 0) is 6.42 Å². The van der Waals surface area contributed by atoms with Gasteiger partial charge in [-0.05, 0) is 16.8 Å². The smallest absolute Gasteiger partial charge is 0.342 e. The third kappa shape index (κ3) is 1.51. The van der Waals surface area contributed by atoms with Crippen LogP contribution in [0.5, 0.6) is 0 Å². The third-order valence-electron chi connectivity index (χ3n) is 1.14. The Bertz CT molecular complexity index is 255. The molecule has 0 spiro atoms. The predicted molar refractivity (Wildman–Crippen MR) is 36.5 cm³/mol. The number of nitrogens with zero attached hydrogens (tertiary/aromatic N) is 4. The Balaban J connectivity index is 2.87. The van der Waals surface area contributed by atoms with Gasteiger partial charge in [-0.25, -0.2) is 4.79 Å². The number of aryl methyl sites for hydroxylation is 1. The van der Waals surface area contributed by atoms with Gasteiger partial charge in [0.1, 0.15) is 0 Å². The van der Waals surface area contributed by atoms with E-state index in [0.29, 0.717) is 18.7 Å². The highest BCUT2D eigenvalue weighted by molar-refractivity contribution is 5.73. The van der Waals surface area contributed by atoms with Crippen molar-refractivity contribution >= 4 is 6.03 Å². The summed E-state index contributed by atoms with van der Waals surface area (Å²) in [5.41, 5.74) is 4.95. The van der Waals surface area contributed by atoms with Crippen molar-refractivity contribution in [3.63, 3.8) is 0 Å². The SMILES string of the molecule is [CH2]CCc1nnnn1C(N)=O. The maximum absolute atomic E-state index is 10.6. The minimum Gasteiger partial charge on any atom is -0.350 e. The number of carbonyl (C=O) groups is 1. The molecule has 0 atom stereocenters. The van der Waals surface area contributed by atoms with E-state index in [1.54, 1.807) is 0 Å². The van der Waals surface area contributed by atoms with Crippen molar-refractivity contribution in [3.8, 4) is 0 Å². The molecule has 0 unspecified atom stereocenters. The zero-order valence-electron chi connectivity index (χ0n) is 5.90. The minimum absolute atomic E-state index is 0.451. The van der Waals surface area contributed by atoms with Gasteiger partial charge in [0.25, 0.3) is 0 Å². The number of amides is 1. The van der Waals surface area contributed by atoms with Crippen LogP contribution >= 0.6 is 0 Å². The number of nitrogens with two attached hydrogens (primary N) is 1. The van der Waals surface area contributed by atoms with E-state index in [9.17, 15) is 4.79 Å². The second-order valence-corrected chi connectivity index (χ2v) is 1.95. The largest absolute Gasteiger partial charge is 0.350 e. The lowest BCUT2D eigenvalue weighted by Gasteiger charge is -1.94. The topological polar surface area (TPSA) is 86.7 Å². The van der Waals surface area contributed by atoms with Crippen LogP contribution in [0.4, 0.5) is 4.79 Å². The number of hydrogen-bond acceptors (Lipinski definition) is 4. The second kappa shape index (κ2) is 3.09. The average Bonchev–Trinajstić information content (AvgIpc) is 2.36. The summed E-state index contributed by atoms with van der Waals surface area (Å²) in [4.78, 5) is 10.6. The first kappa shape index (κ1) is 7.64. The summed E-state index contributed by atoms with van der Waals surface area (Å²) in [6.07, 6.45) is 1.18. The quantitative estimate of drug-likeness (QED) is 0.574. The monoisotopic (exact) mass is 154 g/mol. The van der Waals surface area contributed by atoms with Crippen molar-refractivity contribution in [2.75, 3.05) is 0 Å². The van der Waals surface area contributed by atoms with E-state index < -0.39 is 6.03 Å². The van der Waals surface area contributed by atoms with Gasteiger partial charge in [-0.3, -0.25) is 0 Å². The minimum atomic E-state index is -0.668. The fraction of sp³-hybridized carbons (Fsp3) is 0.400. The number of primary amides is 1. The van der Waals surface area contributed by atoms with Gasteiger partial charge in [0, 0.05) is 6.42 Å². The maximum Gasteiger partial charge on any atom is 0.342 e. The lowest BCUT2D eigenvalue weighted by Crippen LogP contribution is -2.23. The molecule has 1 aromatic rings. The molecule has 0 aromatic carbocycles. The number of hydrogen-bond donors (Lipinski definition) is 1. The molecule has 11 heavy (non-hydrogen) atoms. The van der Waals surface area contributed by atoms with Crippen LogP contribution in [0.15, 0.2) is 0 Å². The molecule has 0 saturated carbocycles. The molecule has 0 fully saturated rings. The van der Waals surface area contributed by atoms with E-state index in [2.05, 4.69) is 22.4 Å². The lowest BCUT2D eigenvalue weighted by atomic mass is 10.3. The standard InChI is InChI=1S/C5H8N5O/c1-2-3-4-7-8-9-10(4)5(6)11/h1-3H2,(H2,6,11). The van der Waals surface area contributed by atoms with Gasteiger partial charge in [-0.2, -0.15) is 0 Å². The zero-order chi connectivity index (χ0) is 8.27. The van der Waals surface area contributed by atoms with E-state index in [1.807, 2.05) is 0 Å². The maximum atomic E-state index is 10.6. The highest BCUT2D eigenvalue weighted by Crippen LogP contribution is 1.94. The molecule has 0 saturated heterocycles. The van der Waals surface area contributed by atoms with Gasteiger partial charge in [-0.15, -0.1) is 9.78 Å². The van der Waals surface area contributed by atoms with Gasteiger partial charge >= 0.3 is 6.03 Å². The van der Waals surface area contributed by atoms with Crippen molar-refractivity contribution in [3.05, 3.63) is 12.7 Å². The van der Waals surface area contributed by atoms with Crippen molar-refractivity contribution in [2.24, 2.45) is 5.73 Å². The Hall–Kier alpha value is -1.46. The van der Waals surface area contributed by atoms with Gasteiger partial charge in [0.2, 0.25) is 0 Å². The Morgan fingerprint density at radius 1 is 1.73 bits per heavy atom. The number of carbonyl (C=O) groups excluding carboxylic acids is 1. The van der Waals surface area contributed by atoms with Crippen LogP contribution in [0.2, 0.25) is 0 Å². The number of rotatable bonds is 2. The molecule has 1 heterocycles. The summed E-state index contributed by atoms with van der Waals surface area (Å²) < 4.78 is 0.963. The predicted octanol–water partition coefficient (Wildman–Crippen LogP) is -0.633. The molecular weight excluding hydrogens is 146 g/mol. The van der Waals surface area contributed by atoms with Gasteiger partial charge in [0.05, 0.1) is 0 Å². The molecule has 1 aromatic heterocycles. The molecule has 0 aliphatic heterocycles. The molecule has 6 heteroatoms. The molecule has 1 amide bonds. The van der Waals surface area contributed by atoms with Crippen molar-refractivity contribution in [1.29, 1.82) is 0 Å². The van der Waals surface area contributed by atoms with E-state index in [0.717, 1.165) is 4.68 Å². The molecule has 2 N–H and O–H groups in total. The van der Waals surface area contributed by atoms with Crippen LogP contribution in [0.3, 0.4) is 0 Å². The zero-order valence-corrected chi connectivity index (χ0v) is 5.90. The van der Waals surface area contributed by atoms with Gasteiger partial charge < -0.3 is 5.73 Å². The van der Waals surface area contributed by atoms with Crippen LogP contribution < -0.4 is 5.73 Å². The van der Waals surface area contributed by atoms with E-state index >= 15 is 0 Å². The molecule has 1 radical (unpaired) electrons. The van der Waals surface area contributed by atoms with Crippen molar-refractivity contribution in [2.45, 2.75) is 12.8 Å². The van der Waals surface area contributed by atoms with Crippen LogP contribution in [0.1, 0.15) is 12.2 Å². The lowest BCUT2D eigenvalue weighted by molar-refractivity contribution is 0.246. The Morgan fingerprint density at radius 3 is 3.00 bits per heavy atom. The van der Waals surface area contributed by atoms with Crippen LogP contribution in [0, 0.1) is 6.92 Å². The summed E-state index contributed by atoms with van der Waals surface area (Å²) >= 11 is 0. The Labute approximate surface area is 63.4 Å². The molecular formula is C5H8N5O. The first-order chi connectivity index (χ1) is 5.25. The van der Waals surface area contributed by atoms with E-state index in [4.69, 9.17) is 5.73 Å². The summed E-state index contributed by atoms with van der Waals surface area (Å²) in [6.45, 7) is 3.60. The van der Waals surface area contributed by atoms with E-state index in [-0.39, 0.29) is 0 Å². The van der Waals surface area contributed by atoms with Crippen molar-refractivity contribution < 1.29 is 4.79 Å². The summed E-state index contributed by atoms with van der Waals surface area (Å²) in [6, 6.07) is -0.668. The van der Waals surface area contributed by atoms with E-state index in [1.165, 1.54) is 0 Å². The molecule has 59 valence electrons. The van der Waals surface area contributed by atoms with Crippen molar-refractivity contribution in [1.82, 2.24) is 20.2 Å². The second-order valence-electron chi connectivity index (χ2n) is 1.95. The molecule has 0 aliphatic rings. The normalized spacial score (nSPS) is 9.91. The Kier molecular flexibility index (Phi) is 2.15. The molecule has 0 aliphatic carbocycles. The number of tetrazole rings is 1. The fourth-order valence-electron chi connectivity index (χ4n) is 0.691. The molecule has 1 rings (SSSR count). The van der Waals surface area contributed by atoms with Gasteiger partial charge in [0.15, 0.2) is 5.82 Å². The summed E-state index contributed by atoms with van der Waals surface area (Å²) in [5.74, 6) is 0.451. The fourth-order valence-corrected chi connectivity index (χ4v) is 0.691. The van der Waals surface area contributed by atoms with Gasteiger partial charge in [-0.1, -0.05) is 6.92 Å². The Morgan fingerprint density at radius 2 is 2.45 bits per heavy atom. The molecule has 0 bridgehead atoms. The van der Waals surface area contributed by atoms with Crippen LogP contribution in [0.25, 0.3) is 0 Å². The highest BCUT2D eigenvalue weighted by atomic mass is 16.2. The first-order valence-corrected chi connectivity index (χ1v) is 3.12. The third-order valence-corrected chi connectivity index (χ3v) is 1.14. The molecule has 6 nitrogen and oxygen atoms in total. The summed E-state index contributed by atoms with van der Waals surface area (Å²) in [5, 5.41) is 10.3. The average molecular weight is 154 g/mol. The number of aromatic nitrogens is 4.